The molecule has 0 aliphatic heterocycles. The van der Waals surface area contributed by atoms with Crippen molar-refractivity contribution in [1.29, 1.82) is 0 Å². The van der Waals surface area contributed by atoms with Crippen LogP contribution < -0.4 is 5.32 Å². The van der Waals surface area contributed by atoms with Gasteiger partial charge < -0.3 is 15.3 Å². The Morgan fingerprint density at radius 3 is 1.35 bits per heavy atom. The molecule has 0 fully saturated rings. The number of hydrogen-bond donors (Lipinski definition) is 3. The molecule has 0 amide bonds. The summed E-state index contributed by atoms with van der Waals surface area (Å²) in [6.45, 7) is 0. The van der Waals surface area contributed by atoms with Crippen molar-refractivity contribution < 1.29 is 9.59 Å². The molecule has 0 aliphatic carbocycles. The van der Waals surface area contributed by atoms with Gasteiger partial charge in [-0.1, -0.05) is 60.7 Å². The van der Waals surface area contributed by atoms with Gasteiger partial charge in [-0.3, -0.25) is 9.59 Å². The van der Waals surface area contributed by atoms with Gasteiger partial charge in [-0.15, -0.1) is 0 Å². The minimum Gasteiger partial charge on any atom is -0.356 e. The van der Waals surface area contributed by atoms with Crippen molar-refractivity contribution in [2.75, 3.05) is 5.32 Å². The summed E-state index contributed by atoms with van der Waals surface area (Å²) in [5.74, 6) is 0.129. The molecular weight excluding hydrogens is 458 g/mol. The topological polar surface area (TPSA) is 77.8 Å². The Hall–Kier alpha value is -4.90. The zero-order valence-electron chi connectivity index (χ0n) is 20.1. The standard InChI is InChI=1S/C32H25N3O2/c36-31(29-19-23-5-1-3-7-27(23)34-29)17-21-9-13-25(14-10-21)33-26-15-11-22(12-16-26)18-32(37)30-20-24-6-2-4-8-28(24)35-30/h1-16,19-20,33-35H,17-18H2. The summed E-state index contributed by atoms with van der Waals surface area (Å²) < 4.78 is 0. The van der Waals surface area contributed by atoms with Gasteiger partial charge in [0.05, 0.1) is 11.4 Å². The SMILES string of the molecule is O=C(Cc1ccc(Nc2ccc(CC(=O)c3cc4ccccc4[nH]3)cc2)cc1)c1cc2ccccc2[nH]1. The molecule has 5 heteroatoms. The van der Waals surface area contributed by atoms with E-state index in [9.17, 15) is 9.59 Å². The van der Waals surface area contributed by atoms with E-state index in [2.05, 4.69) is 15.3 Å². The van der Waals surface area contributed by atoms with Crippen molar-refractivity contribution in [3.05, 3.63) is 132 Å². The van der Waals surface area contributed by atoms with Gasteiger partial charge in [0.25, 0.3) is 0 Å². The number of hydrogen-bond acceptors (Lipinski definition) is 3. The summed E-state index contributed by atoms with van der Waals surface area (Å²) in [4.78, 5) is 31.9. The quantitative estimate of drug-likeness (QED) is 0.200. The van der Waals surface area contributed by atoms with Crippen molar-refractivity contribution in [3.63, 3.8) is 0 Å². The van der Waals surface area contributed by atoms with Gasteiger partial charge in [-0.2, -0.15) is 0 Å². The average Bonchev–Trinajstić information content (AvgIpc) is 3.56. The summed E-state index contributed by atoms with van der Waals surface area (Å²) in [5.41, 5.74) is 6.99. The molecule has 2 aromatic heterocycles. The van der Waals surface area contributed by atoms with Crippen molar-refractivity contribution in [2.45, 2.75) is 12.8 Å². The van der Waals surface area contributed by atoms with Gasteiger partial charge in [0.2, 0.25) is 0 Å². The monoisotopic (exact) mass is 483 g/mol. The fourth-order valence-electron chi connectivity index (χ4n) is 4.59. The molecule has 0 atom stereocenters. The normalized spacial score (nSPS) is 11.1. The van der Waals surface area contributed by atoms with Crippen LogP contribution in [0.25, 0.3) is 21.8 Å². The molecule has 0 aliphatic rings. The lowest BCUT2D eigenvalue weighted by Gasteiger charge is -2.08. The van der Waals surface area contributed by atoms with Gasteiger partial charge in [0.1, 0.15) is 0 Å². The Morgan fingerprint density at radius 2 is 0.946 bits per heavy atom. The molecule has 3 N–H and O–H groups in total. The molecule has 37 heavy (non-hydrogen) atoms. The molecular formula is C32H25N3O2. The lowest BCUT2D eigenvalue weighted by molar-refractivity contribution is 0.0981. The number of aromatic amines is 2. The van der Waals surface area contributed by atoms with E-state index in [0.29, 0.717) is 24.2 Å². The van der Waals surface area contributed by atoms with Crippen LogP contribution in [0.5, 0.6) is 0 Å². The Kier molecular flexibility index (Phi) is 5.87. The summed E-state index contributed by atoms with van der Waals surface area (Å²) in [6.07, 6.45) is 0.679. The number of aromatic nitrogens is 2. The molecule has 0 unspecified atom stereocenters. The zero-order valence-corrected chi connectivity index (χ0v) is 20.1. The van der Waals surface area contributed by atoms with Crippen LogP contribution in [0, 0.1) is 0 Å². The number of carbonyl (C=O) groups is 2. The van der Waals surface area contributed by atoms with E-state index in [1.54, 1.807) is 0 Å². The van der Waals surface area contributed by atoms with Crippen LogP contribution in [0.4, 0.5) is 11.4 Å². The molecule has 180 valence electrons. The van der Waals surface area contributed by atoms with Crippen LogP contribution in [-0.4, -0.2) is 21.5 Å². The molecule has 0 radical (unpaired) electrons. The molecule has 2 heterocycles. The number of anilines is 2. The second-order valence-electron chi connectivity index (χ2n) is 9.26. The maximum Gasteiger partial charge on any atom is 0.183 e. The third kappa shape index (κ3) is 4.93. The Morgan fingerprint density at radius 1 is 0.541 bits per heavy atom. The van der Waals surface area contributed by atoms with E-state index in [1.165, 1.54) is 0 Å². The predicted molar refractivity (Wildman–Crippen MR) is 149 cm³/mol. The first-order valence-electron chi connectivity index (χ1n) is 12.3. The Balaban J connectivity index is 1.06. The minimum absolute atomic E-state index is 0.0643. The highest BCUT2D eigenvalue weighted by Gasteiger charge is 2.12. The van der Waals surface area contributed by atoms with E-state index >= 15 is 0 Å². The van der Waals surface area contributed by atoms with Crippen molar-refractivity contribution in [3.8, 4) is 0 Å². The van der Waals surface area contributed by atoms with Crippen molar-refractivity contribution in [1.82, 2.24) is 9.97 Å². The van der Waals surface area contributed by atoms with Crippen LogP contribution in [-0.2, 0) is 12.8 Å². The lowest BCUT2D eigenvalue weighted by atomic mass is 10.1. The van der Waals surface area contributed by atoms with Gasteiger partial charge in [0, 0.05) is 46.0 Å². The van der Waals surface area contributed by atoms with Crippen molar-refractivity contribution >= 4 is 44.7 Å². The Labute approximate surface area is 214 Å². The molecule has 0 bridgehead atoms. The van der Waals surface area contributed by atoms with Crippen LogP contribution >= 0.6 is 0 Å². The molecule has 5 nitrogen and oxygen atoms in total. The second kappa shape index (κ2) is 9.63. The molecule has 0 saturated carbocycles. The Bertz CT molecular complexity index is 1530. The number of nitrogens with one attached hydrogen (secondary N) is 3. The molecule has 4 aromatic carbocycles. The van der Waals surface area contributed by atoms with Crippen molar-refractivity contribution in [2.24, 2.45) is 0 Å². The molecule has 0 saturated heterocycles. The number of fused-ring (bicyclic) bond motifs is 2. The van der Waals surface area contributed by atoms with Gasteiger partial charge in [-0.05, 0) is 59.7 Å². The molecule has 6 aromatic rings. The van der Waals surface area contributed by atoms with E-state index in [4.69, 9.17) is 0 Å². The summed E-state index contributed by atoms with van der Waals surface area (Å²) in [6, 6.07) is 35.4. The van der Waals surface area contributed by atoms with E-state index in [1.807, 2.05) is 109 Å². The van der Waals surface area contributed by atoms with Gasteiger partial charge in [-0.25, -0.2) is 0 Å². The minimum atomic E-state index is 0.0643. The number of ketones is 2. The van der Waals surface area contributed by atoms with E-state index in [0.717, 1.165) is 44.3 Å². The number of H-pyrrole nitrogens is 2. The number of Topliss-reactive ketones (excluding diaryl/α,β-unsaturated/α-hetero) is 2. The predicted octanol–water partition coefficient (Wildman–Crippen LogP) is 7.24. The molecule has 0 spiro atoms. The summed E-state index contributed by atoms with van der Waals surface area (Å²) >= 11 is 0. The largest absolute Gasteiger partial charge is 0.356 e. The fraction of sp³-hybridized carbons (Fsp3) is 0.0625. The maximum atomic E-state index is 12.7. The van der Waals surface area contributed by atoms with E-state index < -0.39 is 0 Å². The van der Waals surface area contributed by atoms with Crippen LogP contribution in [0.2, 0.25) is 0 Å². The first-order valence-corrected chi connectivity index (χ1v) is 12.3. The fourth-order valence-corrected chi connectivity index (χ4v) is 4.59. The maximum absolute atomic E-state index is 12.7. The van der Waals surface area contributed by atoms with Gasteiger partial charge in [0.15, 0.2) is 11.6 Å². The third-order valence-corrected chi connectivity index (χ3v) is 6.59. The van der Waals surface area contributed by atoms with E-state index in [-0.39, 0.29) is 11.6 Å². The first-order chi connectivity index (χ1) is 18.1. The molecule has 6 rings (SSSR count). The zero-order chi connectivity index (χ0) is 25.2. The first kappa shape index (κ1) is 22.6. The third-order valence-electron chi connectivity index (χ3n) is 6.59. The van der Waals surface area contributed by atoms with Crippen LogP contribution in [0.3, 0.4) is 0 Å². The van der Waals surface area contributed by atoms with Crippen LogP contribution in [0.1, 0.15) is 32.1 Å². The smallest absolute Gasteiger partial charge is 0.183 e. The second-order valence-corrected chi connectivity index (χ2v) is 9.26. The van der Waals surface area contributed by atoms with Crippen LogP contribution in [0.15, 0.2) is 109 Å². The number of benzene rings is 4. The summed E-state index contributed by atoms with van der Waals surface area (Å²) in [7, 11) is 0. The average molecular weight is 484 g/mol. The highest BCUT2D eigenvalue weighted by molar-refractivity contribution is 6.01. The lowest BCUT2D eigenvalue weighted by Crippen LogP contribution is -2.04. The highest BCUT2D eigenvalue weighted by Crippen LogP contribution is 2.21. The highest BCUT2D eigenvalue weighted by atomic mass is 16.1. The number of rotatable bonds is 8. The number of para-hydroxylation sites is 2. The summed E-state index contributed by atoms with van der Waals surface area (Å²) in [5, 5.41) is 5.46. The number of carbonyl (C=O) groups excluding carboxylic acids is 2. The van der Waals surface area contributed by atoms with Gasteiger partial charge >= 0.3 is 0 Å².